The molecule has 3 aromatic heterocycles. The van der Waals surface area contributed by atoms with Crippen molar-refractivity contribution < 1.29 is 0 Å². The van der Waals surface area contributed by atoms with E-state index in [0.29, 0.717) is 5.82 Å². The molecule has 11 rings (SSSR count). The SMILES string of the molecule is c1ccc(-c2ccc(-c3cc(-c4cccc5sc6ccc(-c7nc8ccccc8n7-c7ccccc7)cc6c45)nc(-c4cccc(-c5ccccc5)c4)n3)cc2)cc1. The van der Waals surface area contributed by atoms with E-state index < -0.39 is 0 Å². The molecule has 0 amide bonds. The van der Waals surface area contributed by atoms with Crippen LogP contribution in [0.5, 0.6) is 0 Å². The van der Waals surface area contributed by atoms with Gasteiger partial charge in [-0.1, -0.05) is 146 Å². The van der Waals surface area contributed by atoms with Crippen LogP contribution < -0.4 is 0 Å². The second kappa shape index (κ2) is 14.2. The zero-order valence-electron chi connectivity index (χ0n) is 31.3. The van der Waals surface area contributed by atoms with Gasteiger partial charge in [0.25, 0.3) is 0 Å². The van der Waals surface area contributed by atoms with Crippen LogP contribution in [0.1, 0.15) is 0 Å². The Hall–Kier alpha value is -7.47. The van der Waals surface area contributed by atoms with Crippen molar-refractivity contribution in [3.8, 4) is 73.2 Å². The van der Waals surface area contributed by atoms with Gasteiger partial charge in [-0.25, -0.2) is 15.0 Å². The molecule has 58 heavy (non-hydrogen) atoms. The highest BCUT2D eigenvalue weighted by molar-refractivity contribution is 7.26. The molecule has 0 saturated heterocycles. The minimum Gasteiger partial charge on any atom is -0.292 e. The van der Waals surface area contributed by atoms with E-state index in [1.807, 2.05) is 23.5 Å². The fourth-order valence-electron chi connectivity index (χ4n) is 8.03. The molecule has 0 bridgehead atoms. The Balaban J connectivity index is 1.10. The van der Waals surface area contributed by atoms with Gasteiger partial charge < -0.3 is 0 Å². The molecular weight excluding hydrogens is 725 g/mol. The Labute approximate surface area is 340 Å². The molecule has 0 fully saturated rings. The summed E-state index contributed by atoms with van der Waals surface area (Å²) in [6.07, 6.45) is 0. The van der Waals surface area contributed by atoms with Gasteiger partial charge in [0.1, 0.15) is 5.82 Å². The lowest BCUT2D eigenvalue weighted by Gasteiger charge is -2.12. The minimum absolute atomic E-state index is 0.686. The Morgan fingerprint density at radius 2 is 0.983 bits per heavy atom. The molecule has 3 heterocycles. The topological polar surface area (TPSA) is 43.6 Å². The van der Waals surface area contributed by atoms with E-state index in [4.69, 9.17) is 15.0 Å². The van der Waals surface area contributed by atoms with Gasteiger partial charge in [0.05, 0.1) is 22.4 Å². The summed E-state index contributed by atoms with van der Waals surface area (Å²) in [5.41, 5.74) is 13.6. The van der Waals surface area contributed by atoms with Crippen molar-refractivity contribution in [3.05, 3.63) is 206 Å². The number of imidazole rings is 1. The lowest BCUT2D eigenvalue weighted by Crippen LogP contribution is -1.97. The van der Waals surface area contributed by atoms with Gasteiger partial charge >= 0.3 is 0 Å². The first-order valence-electron chi connectivity index (χ1n) is 19.4. The van der Waals surface area contributed by atoms with Crippen LogP contribution in [0.25, 0.3) is 104 Å². The van der Waals surface area contributed by atoms with Crippen LogP contribution >= 0.6 is 11.3 Å². The van der Waals surface area contributed by atoms with Crippen molar-refractivity contribution in [1.82, 2.24) is 19.5 Å². The molecule has 0 unspecified atom stereocenters. The highest BCUT2D eigenvalue weighted by atomic mass is 32.1. The van der Waals surface area contributed by atoms with Crippen molar-refractivity contribution in [2.24, 2.45) is 0 Å². The molecule has 0 atom stereocenters. The molecule has 272 valence electrons. The van der Waals surface area contributed by atoms with Gasteiger partial charge in [-0.05, 0) is 82.9 Å². The molecule has 0 aliphatic carbocycles. The van der Waals surface area contributed by atoms with E-state index in [1.165, 1.54) is 31.3 Å². The maximum absolute atomic E-state index is 5.38. The highest BCUT2D eigenvalue weighted by Gasteiger charge is 2.19. The average Bonchev–Trinajstić information content (AvgIpc) is 3.89. The second-order valence-corrected chi connectivity index (χ2v) is 15.5. The average molecular weight is 759 g/mol. The predicted molar refractivity (Wildman–Crippen MR) is 242 cm³/mol. The molecule has 11 aromatic rings. The molecule has 8 aromatic carbocycles. The van der Waals surface area contributed by atoms with Gasteiger partial charge in [-0.15, -0.1) is 11.3 Å². The van der Waals surface area contributed by atoms with Crippen LogP contribution in [-0.4, -0.2) is 19.5 Å². The fraction of sp³-hybridized carbons (Fsp3) is 0. The summed E-state index contributed by atoms with van der Waals surface area (Å²) >= 11 is 1.81. The molecule has 0 spiro atoms. The fourth-order valence-corrected chi connectivity index (χ4v) is 9.14. The highest BCUT2D eigenvalue weighted by Crippen LogP contribution is 2.43. The molecule has 0 aliphatic rings. The monoisotopic (exact) mass is 758 g/mol. The Morgan fingerprint density at radius 1 is 0.379 bits per heavy atom. The van der Waals surface area contributed by atoms with Gasteiger partial charge in [-0.2, -0.15) is 0 Å². The number of hydrogen-bond donors (Lipinski definition) is 0. The Morgan fingerprint density at radius 3 is 1.78 bits per heavy atom. The Kier molecular flexibility index (Phi) is 8.30. The smallest absolute Gasteiger partial charge is 0.160 e. The normalized spacial score (nSPS) is 11.4. The summed E-state index contributed by atoms with van der Waals surface area (Å²) < 4.78 is 4.69. The zero-order valence-corrected chi connectivity index (χ0v) is 32.1. The minimum atomic E-state index is 0.686. The van der Waals surface area contributed by atoms with E-state index in [9.17, 15) is 0 Å². The first-order valence-corrected chi connectivity index (χ1v) is 20.2. The molecule has 0 radical (unpaired) electrons. The number of rotatable bonds is 7. The summed E-state index contributed by atoms with van der Waals surface area (Å²) in [5, 5.41) is 2.36. The third kappa shape index (κ3) is 6.06. The van der Waals surface area contributed by atoms with E-state index in [1.54, 1.807) is 0 Å². The van der Waals surface area contributed by atoms with Crippen molar-refractivity contribution in [2.75, 3.05) is 0 Å². The first kappa shape index (κ1) is 33.8. The number of fused-ring (bicyclic) bond motifs is 4. The molecule has 0 aliphatic heterocycles. The lowest BCUT2D eigenvalue weighted by molar-refractivity contribution is 1.10. The molecule has 0 saturated carbocycles. The summed E-state index contributed by atoms with van der Waals surface area (Å²) in [5.74, 6) is 1.60. The van der Waals surface area contributed by atoms with Crippen LogP contribution in [0.3, 0.4) is 0 Å². The summed E-state index contributed by atoms with van der Waals surface area (Å²) in [4.78, 5) is 15.8. The summed E-state index contributed by atoms with van der Waals surface area (Å²) in [6, 6.07) is 72.6. The van der Waals surface area contributed by atoms with Crippen LogP contribution in [0.15, 0.2) is 206 Å². The van der Waals surface area contributed by atoms with Crippen molar-refractivity contribution in [2.45, 2.75) is 0 Å². The van der Waals surface area contributed by atoms with Gasteiger partial charge in [0.15, 0.2) is 5.82 Å². The third-order valence-electron chi connectivity index (χ3n) is 10.8. The van der Waals surface area contributed by atoms with Crippen molar-refractivity contribution >= 4 is 42.5 Å². The van der Waals surface area contributed by atoms with Crippen LogP contribution in [-0.2, 0) is 0 Å². The largest absolute Gasteiger partial charge is 0.292 e. The predicted octanol–water partition coefficient (Wildman–Crippen LogP) is 14.2. The van der Waals surface area contributed by atoms with Crippen LogP contribution in [0.4, 0.5) is 0 Å². The van der Waals surface area contributed by atoms with Gasteiger partial charge in [0, 0.05) is 48.1 Å². The van der Waals surface area contributed by atoms with E-state index in [2.05, 4.69) is 199 Å². The molecule has 4 nitrogen and oxygen atoms in total. The second-order valence-electron chi connectivity index (χ2n) is 14.4. The first-order chi connectivity index (χ1) is 28.7. The van der Waals surface area contributed by atoms with E-state index in [0.717, 1.165) is 67.3 Å². The number of para-hydroxylation sites is 3. The number of benzene rings is 8. The van der Waals surface area contributed by atoms with Crippen molar-refractivity contribution in [3.63, 3.8) is 0 Å². The maximum atomic E-state index is 5.38. The number of nitrogens with zero attached hydrogens (tertiary/aromatic N) is 4. The van der Waals surface area contributed by atoms with Gasteiger partial charge in [0.2, 0.25) is 0 Å². The zero-order chi connectivity index (χ0) is 38.4. The Bertz CT molecular complexity index is 3260. The molecule has 5 heteroatoms. The number of aromatic nitrogens is 4. The third-order valence-corrected chi connectivity index (χ3v) is 12.0. The van der Waals surface area contributed by atoms with Gasteiger partial charge in [-0.3, -0.25) is 4.57 Å². The van der Waals surface area contributed by atoms with E-state index in [-0.39, 0.29) is 0 Å². The van der Waals surface area contributed by atoms with Crippen LogP contribution in [0.2, 0.25) is 0 Å². The maximum Gasteiger partial charge on any atom is 0.160 e. The standard InChI is InChI=1S/C53H34N4S/c1-4-14-35(15-5-1)37-26-28-38(29-27-37)46-34-47(55-52(54-46)40-19-12-18-39(32-40)36-16-6-2-7-17-36)43-22-13-25-50-51(43)44-33-41(30-31-49(44)58-50)53-56-45-23-10-11-24-48(45)57(53)42-20-8-3-9-21-42/h1-34H. The summed E-state index contributed by atoms with van der Waals surface area (Å²) in [7, 11) is 0. The quantitative estimate of drug-likeness (QED) is 0.163. The summed E-state index contributed by atoms with van der Waals surface area (Å²) in [6.45, 7) is 0. The lowest BCUT2D eigenvalue weighted by atomic mass is 9.99. The van der Waals surface area contributed by atoms with Crippen molar-refractivity contribution in [1.29, 1.82) is 0 Å². The number of hydrogen-bond acceptors (Lipinski definition) is 4. The van der Waals surface area contributed by atoms with E-state index >= 15 is 0 Å². The number of thiophene rings is 1. The van der Waals surface area contributed by atoms with Crippen LogP contribution in [0, 0.1) is 0 Å². The molecular formula is C53H34N4S. The molecule has 0 N–H and O–H groups in total.